The molecule has 0 aliphatic heterocycles. The van der Waals surface area contributed by atoms with Crippen LogP contribution in [-0.4, -0.2) is 12.4 Å². The summed E-state index contributed by atoms with van der Waals surface area (Å²) in [4.78, 5) is 4.55. The van der Waals surface area contributed by atoms with Crippen LogP contribution in [0.5, 0.6) is 0 Å². The Bertz CT molecular complexity index is 207. The molecule has 0 amide bonds. The minimum atomic E-state index is 0.541. The third-order valence-electron chi connectivity index (χ3n) is 3.76. The van der Waals surface area contributed by atoms with Crippen molar-refractivity contribution in [1.82, 2.24) is 0 Å². The molecule has 2 heteroatoms. The first-order chi connectivity index (χ1) is 6.26. The third kappa shape index (κ3) is 1.87. The average Bonchev–Trinajstić information content (AvgIpc) is 2.85. The minimum absolute atomic E-state index is 0.541. The molecule has 2 saturated carbocycles. The lowest BCUT2D eigenvalue weighted by Crippen LogP contribution is -2.32. The van der Waals surface area contributed by atoms with Crippen molar-refractivity contribution >= 4 is 5.84 Å². The van der Waals surface area contributed by atoms with E-state index in [9.17, 15) is 0 Å². The number of hydrogen-bond donors (Lipinski definition) is 1. The van der Waals surface area contributed by atoms with Gasteiger partial charge in [0.1, 0.15) is 0 Å². The Morgan fingerprint density at radius 2 is 2.15 bits per heavy atom. The highest BCUT2D eigenvalue weighted by Gasteiger charge is 2.35. The van der Waals surface area contributed by atoms with Gasteiger partial charge in [-0.3, -0.25) is 4.99 Å². The molecular formula is C11H20N2. The number of nitrogens with zero attached hydrogens (tertiary/aromatic N) is 1. The largest absolute Gasteiger partial charge is 0.387 e. The van der Waals surface area contributed by atoms with Gasteiger partial charge in [-0.2, -0.15) is 0 Å². The van der Waals surface area contributed by atoms with Gasteiger partial charge >= 0.3 is 0 Å². The van der Waals surface area contributed by atoms with Gasteiger partial charge in [0.05, 0.1) is 5.84 Å². The molecule has 2 nitrogen and oxygen atoms in total. The summed E-state index contributed by atoms with van der Waals surface area (Å²) in [6, 6.07) is 0. The zero-order valence-corrected chi connectivity index (χ0v) is 8.55. The van der Waals surface area contributed by atoms with Gasteiger partial charge in [0.15, 0.2) is 0 Å². The topological polar surface area (TPSA) is 38.4 Å². The van der Waals surface area contributed by atoms with E-state index in [4.69, 9.17) is 5.73 Å². The van der Waals surface area contributed by atoms with Crippen molar-refractivity contribution in [3.05, 3.63) is 0 Å². The fraction of sp³-hybridized carbons (Fsp3) is 0.909. The van der Waals surface area contributed by atoms with Crippen LogP contribution in [0.2, 0.25) is 0 Å². The summed E-state index contributed by atoms with van der Waals surface area (Å²) in [6.45, 7) is 3.27. The normalized spacial score (nSPS) is 27.0. The van der Waals surface area contributed by atoms with Crippen LogP contribution in [0, 0.1) is 11.3 Å². The van der Waals surface area contributed by atoms with Gasteiger partial charge in [-0.25, -0.2) is 0 Å². The first-order valence-electron chi connectivity index (χ1n) is 5.56. The molecule has 0 radical (unpaired) electrons. The second-order valence-corrected chi connectivity index (χ2v) is 4.72. The van der Waals surface area contributed by atoms with Crippen LogP contribution in [0.1, 0.15) is 45.4 Å². The molecule has 2 fully saturated rings. The van der Waals surface area contributed by atoms with Gasteiger partial charge in [0.25, 0.3) is 0 Å². The summed E-state index contributed by atoms with van der Waals surface area (Å²) in [5, 5.41) is 0. The van der Waals surface area contributed by atoms with E-state index < -0.39 is 0 Å². The highest BCUT2D eigenvalue weighted by atomic mass is 14.9. The third-order valence-corrected chi connectivity index (χ3v) is 3.76. The van der Waals surface area contributed by atoms with Crippen LogP contribution in [-0.2, 0) is 0 Å². The Hall–Kier alpha value is -0.530. The van der Waals surface area contributed by atoms with E-state index in [0.29, 0.717) is 11.3 Å². The van der Waals surface area contributed by atoms with Crippen molar-refractivity contribution in [2.75, 3.05) is 6.54 Å². The smallest absolute Gasteiger partial charge is 0.0968 e. The molecule has 0 aromatic heterocycles. The first kappa shape index (κ1) is 9.04. The van der Waals surface area contributed by atoms with Crippen molar-refractivity contribution in [3.63, 3.8) is 0 Å². The summed E-state index contributed by atoms with van der Waals surface area (Å²) in [7, 11) is 0. The van der Waals surface area contributed by atoms with Gasteiger partial charge in [0.2, 0.25) is 0 Å². The molecule has 13 heavy (non-hydrogen) atoms. The molecule has 2 N–H and O–H groups in total. The van der Waals surface area contributed by atoms with E-state index in [2.05, 4.69) is 11.9 Å². The predicted octanol–water partition coefficient (Wildman–Crippen LogP) is 2.33. The maximum absolute atomic E-state index is 5.87. The fourth-order valence-electron chi connectivity index (χ4n) is 2.07. The molecule has 0 bridgehead atoms. The summed E-state index contributed by atoms with van der Waals surface area (Å²) >= 11 is 0. The molecule has 2 aliphatic rings. The Morgan fingerprint density at radius 3 is 2.54 bits per heavy atom. The van der Waals surface area contributed by atoms with E-state index in [1.807, 2.05) is 0 Å². The summed E-state index contributed by atoms with van der Waals surface area (Å²) < 4.78 is 0. The van der Waals surface area contributed by atoms with Crippen molar-refractivity contribution < 1.29 is 0 Å². The molecule has 0 aromatic rings. The summed E-state index contributed by atoms with van der Waals surface area (Å²) in [6.07, 6.45) is 7.94. The van der Waals surface area contributed by atoms with Crippen LogP contribution >= 0.6 is 0 Å². The van der Waals surface area contributed by atoms with Crippen molar-refractivity contribution in [2.24, 2.45) is 22.1 Å². The summed E-state index contributed by atoms with van der Waals surface area (Å²) in [5.74, 6) is 1.58. The monoisotopic (exact) mass is 180 g/mol. The lowest BCUT2D eigenvalue weighted by atomic mass is 9.67. The Morgan fingerprint density at radius 1 is 1.46 bits per heavy atom. The molecule has 0 heterocycles. The van der Waals surface area contributed by atoms with Gasteiger partial charge in [-0.15, -0.1) is 0 Å². The zero-order chi connectivity index (χ0) is 9.31. The van der Waals surface area contributed by atoms with Gasteiger partial charge in [-0.1, -0.05) is 13.3 Å². The molecule has 0 saturated heterocycles. The first-order valence-corrected chi connectivity index (χ1v) is 5.56. The van der Waals surface area contributed by atoms with Crippen molar-refractivity contribution in [1.29, 1.82) is 0 Å². The molecule has 0 aromatic carbocycles. The number of nitrogens with two attached hydrogens (primary N) is 1. The van der Waals surface area contributed by atoms with E-state index in [1.54, 1.807) is 0 Å². The van der Waals surface area contributed by atoms with Crippen LogP contribution in [0.25, 0.3) is 0 Å². The molecule has 2 aliphatic carbocycles. The zero-order valence-electron chi connectivity index (χ0n) is 8.55. The van der Waals surface area contributed by atoms with Crippen LogP contribution < -0.4 is 5.73 Å². The Balaban J connectivity index is 1.85. The van der Waals surface area contributed by atoms with E-state index in [0.717, 1.165) is 12.4 Å². The predicted molar refractivity (Wildman–Crippen MR) is 55.8 cm³/mol. The minimum Gasteiger partial charge on any atom is -0.387 e. The van der Waals surface area contributed by atoms with Crippen molar-refractivity contribution in [2.45, 2.75) is 45.4 Å². The van der Waals surface area contributed by atoms with Gasteiger partial charge in [0, 0.05) is 12.5 Å². The maximum atomic E-state index is 5.87. The number of hydrogen-bond acceptors (Lipinski definition) is 1. The lowest BCUT2D eigenvalue weighted by molar-refractivity contribution is 0.139. The van der Waals surface area contributed by atoms with E-state index in [1.165, 1.54) is 38.5 Å². The fourth-order valence-corrected chi connectivity index (χ4v) is 2.07. The molecule has 74 valence electrons. The van der Waals surface area contributed by atoms with Crippen LogP contribution in [0.15, 0.2) is 4.99 Å². The Kier molecular flexibility index (Phi) is 2.31. The molecule has 2 rings (SSSR count). The maximum Gasteiger partial charge on any atom is 0.0968 e. The molecule has 0 unspecified atom stereocenters. The average molecular weight is 180 g/mol. The highest BCUT2D eigenvalue weighted by Crippen LogP contribution is 2.44. The van der Waals surface area contributed by atoms with Gasteiger partial charge < -0.3 is 5.73 Å². The van der Waals surface area contributed by atoms with E-state index >= 15 is 0 Å². The standard InChI is InChI=1S/C11H20N2/c1-2-11(6-3-7-11)8-13-10(12)9-4-5-9/h9H,2-8H2,1H3,(H2,12,13). The molecule has 0 spiro atoms. The SMILES string of the molecule is CCC1(CN=C(N)C2CC2)CCC1. The number of amidine groups is 1. The number of aliphatic imine (C=N–C) groups is 1. The van der Waals surface area contributed by atoms with Crippen molar-refractivity contribution in [3.8, 4) is 0 Å². The second kappa shape index (κ2) is 3.32. The quantitative estimate of drug-likeness (QED) is 0.523. The second-order valence-electron chi connectivity index (χ2n) is 4.72. The number of rotatable bonds is 4. The Labute approximate surface area is 80.6 Å². The summed E-state index contributed by atoms with van der Waals surface area (Å²) in [5.41, 5.74) is 6.41. The molecular weight excluding hydrogens is 160 g/mol. The van der Waals surface area contributed by atoms with Crippen LogP contribution in [0.3, 0.4) is 0 Å². The van der Waals surface area contributed by atoms with E-state index in [-0.39, 0.29) is 0 Å². The molecule has 0 atom stereocenters. The van der Waals surface area contributed by atoms with Crippen LogP contribution in [0.4, 0.5) is 0 Å². The lowest BCUT2D eigenvalue weighted by Gasteiger charge is -2.40. The highest BCUT2D eigenvalue weighted by molar-refractivity contribution is 5.84. The van der Waals surface area contributed by atoms with Gasteiger partial charge in [-0.05, 0) is 37.5 Å².